The van der Waals surface area contributed by atoms with Crippen LogP contribution in [0.15, 0.2) is 71.2 Å². The van der Waals surface area contributed by atoms with Crippen LogP contribution in [-0.2, 0) is 0 Å². The Labute approximate surface area is 182 Å². The van der Waals surface area contributed by atoms with Gasteiger partial charge in [0.1, 0.15) is 24.0 Å². The summed E-state index contributed by atoms with van der Waals surface area (Å²) in [6.07, 6.45) is 5.84. The van der Waals surface area contributed by atoms with Gasteiger partial charge in [-0.15, -0.1) is 0 Å². The molecule has 1 atom stereocenters. The van der Waals surface area contributed by atoms with Gasteiger partial charge in [0.15, 0.2) is 0 Å². The molecule has 0 amide bonds. The lowest BCUT2D eigenvalue weighted by molar-refractivity contribution is 0.332. The summed E-state index contributed by atoms with van der Waals surface area (Å²) in [4.78, 5) is 14.3. The van der Waals surface area contributed by atoms with Crippen molar-refractivity contribution >= 4 is 28.5 Å². The van der Waals surface area contributed by atoms with E-state index in [9.17, 15) is 0 Å². The van der Waals surface area contributed by atoms with Gasteiger partial charge in [-0.1, -0.05) is 37.3 Å². The van der Waals surface area contributed by atoms with Gasteiger partial charge in [-0.05, 0) is 61.1 Å². The third-order valence-corrected chi connectivity index (χ3v) is 5.67. The van der Waals surface area contributed by atoms with Crippen LogP contribution in [0, 0.1) is 5.92 Å². The van der Waals surface area contributed by atoms with Crippen LogP contribution in [0.25, 0.3) is 10.9 Å². The molecule has 0 bridgehead atoms. The SMILES string of the molecule is CCC1N=C(Nc2nc(NCCOc3ccccc3)nc3ccccc23)C=C1C1CC1. The molecular formula is C25H27N5O. The number of amidine groups is 1. The van der Waals surface area contributed by atoms with Gasteiger partial charge in [-0.25, -0.2) is 4.98 Å². The van der Waals surface area contributed by atoms with E-state index in [1.54, 1.807) is 0 Å². The van der Waals surface area contributed by atoms with Gasteiger partial charge >= 0.3 is 0 Å². The highest BCUT2D eigenvalue weighted by molar-refractivity contribution is 6.09. The van der Waals surface area contributed by atoms with Crippen LogP contribution in [-0.4, -0.2) is 35.0 Å². The fourth-order valence-corrected chi connectivity index (χ4v) is 3.96. The first-order valence-electron chi connectivity index (χ1n) is 11.0. The van der Waals surface area contributed by atoms with Gasteiger partial charge in [0, 0.05) is 5.39 Å². The number of ether oxygens (including phenoxy) is 1. The van der Waals surface area contributed by atoms with Crippen LogP contribution in [0.3, 0.4) is 0 Å². The molecule has 5 rings (SSSR count). The van der Waals surface area contributed by atoms with Crippen molar-refractivity contribution in [3.8, 4) is 5.75 Å². The molecule has 0 saturated heterocycles. The first-order chi connectivity index (χ1) is 15.3. The van der Waals surface area contributed by atoms with E-state index in [1.165, 1.54) is 18.4 Å². The van der Waals surface area contributed by atoms with Crippen LogP contribution in [0.2, 0.25) is 0 Å². The lowest BCUT2D eigenvalue weighted by atomic mass is 10.0. The van der Waals surface area contributed by atoms with Gasteiger partial charge in [0.2, 0.25) is 5.95 Å². The van der Waals surface area contributed by atoms with Gasteiger partial charge in [-0.2, -0.15) is 4.98 Å². The van der Waals surface area contributed by atoms with Gasteiger partial charge < -0.3 is 15.4 Å². The molecule has 2 aliphatic rings. The largest absolute Gasteiger partial charge is 0.492 e. The molecular weight excluding hydrogens is 386 g/mol. The molecule has 1 fully saturated rings. The molecule has 0 radical (unpaired) electrons. The van der Waals surface area contributed by atoms with E-state index in [4.69, 9.17) is 14.7 Å². The van der Waals surface area contributed by atoms with E-state index < -0.39 is 0 Å². The standard InChI is InChI=1S/C25H27N5O/c1-2-21-20(17-12-13-17)16-23(27-21)29-24-19-10-6-7-11-22(19)28-25(30-24)26-14-15-31-18-8-4-3-5-9-18/h3-11,16-17,21H,2,12-15H2,1H3,(H2,26,27,28,29,30). The quantitative estimate of drug-likeness (QED) is 0.505. The zero-order valence-corrected chi connectivity index (χ0v) is 17.7. The molecule has 2 N–H and O–H groups in total. The lowest BCUT2D eigenvalue weighted by Gasteiger charge is -2.12. The minimum absolute atomic E-state index is 0.302. The van der Waals surface area contributed by atoms with E-state index in [1.807, 2.05) is 54.6 Å². The van der Waals surface area contributed by atoms with Crippen molar-refractivity contribution in [3.05, 3.63) is 66.2 Å². The summed E-state index contributed by atoms with van der Waals surface area (Å²) in [7, 11) is 0. The number of rotatable bonds is 8. The van der Waals surface area contributed by atoms with Crippen molar-refractivity contribution < 1.29 is 4.74 Å². The summed E-state index contributed by atoms with van der Waals surface area (Å²) in [6.45, 7) is 3.34. The second-order valence-electron chi connectivity index (χ2n) is 7.98. The molecule has 2 heterocycles. The Morgan fingerprint density at radius 2 is 1.81 bits per heavy atom. The topological polar surface area (TPSA) is 71.4 Å². The fourth-order valence-electron chi connectivity index (χ4n) is 3.96. The number of para-hydroxylation sites is 2. The van der Waals surface area contributed by atoms with Crippen LogP contribution in [0.1, 0.15) is 26.2 Å². The highest BCUT2D eigenvalue weighted by Gasteiger charge is 2.33. The second kappa shape index (κ2) is 8.76. The van der Waals surface area contributed by atoms with Crippen molar-refractivity contribution in [2.45, 2.75) is 32.2 Å². The summed E-state index contributed by atoms with van der Waals surface area (Å²) < 4.78 is 5.76. The Kier molecular flexibility index (Phi) is 5.52. The maximum atomic E-state index is 5.76. The Morgan fingerprint density at radius 1 is 1.00 bits per heavy atom. The number of hydrogen-bond donors (Lipinski definition) is 2. The number of benzene rings is 2. The predicted molar refractivity (Wildman–Crippen MR) is 126 cm³/mol. The third-order valence-electron chi connectivity index (χ3n) is 5.67. The highest BCUT2D eigenvalue weighted by atomic mass is 16.5. The number of nitrogens with one attached hydrogen (secondary N) is 2. The maximum Gasteiger partial charge on any atom is 0.225 e. The van der Waals surface area contributed by atoms with E-state index in [0.29, 0.717) is 25.1 Å². The Morgan fingerprint density at radius 3 is 2.61 bits per heavy atom. The van der Waals surface area contributed by atoms with Crippen LogP contribution >= 0.6 is 0 Å². The van der Waals surface area contributed by atoms with E-state index in [-0.39, 0.29) is 0 Å². The normalized spacial score (nSPS) is 17.9. The van der Waals surface area contributed by atoms with Crippen LogP contribution < -0.4 is 15.4 Å². The predicted octanol–water partition coefficient (Wildman–Crippen LogP) is 5.06. The molecule has 0 spiro atoms. The van der Waals surface area contributed by atoms with Crippen molar-refractivity contribution in [2.24, 2.45) is 10.9 Å². The molecule has 2 aromatic carbocycles. The summed E-state index contributed by atoms with van der Waals surface area (Å²) in [5, 5.41) is 7.74. The van der Waals surface area contributed by atoms with Crippen molar-refractivity contribution in [3.63, 3.8) is 0 Å². The summed E-state index contributed by atoms with van der Waals surface area (Å²) >= 11 is 0. The van der Waals surface area contributed by atoms with Crippen molar-refractivity contribution in [2.75, 3.05) is 23.8 Å². The highest BCUT2D eigenvalue weighted by Crippen LogP contribution is 2.41. The summed E-state index contributed by atoms with van der Waals surface area (Å²) in [5.41, 5.74) is 2.36. The Hall–Kier alpha value is -3.41. The molecule has 6 heteroatoms. The number of hydrogen-bond acceptors (Lipinski definition) is 6. The Balaban J connectivity index is 1.32. The second-order valence-corrected chi connectivity index (χ2v) is 7.98. The number of nitrogens with zero attached hydrogens (tertiary/aromatic N) is 3. The summed E-state index contributed by atoms with van der Waals surface area (Å²) in [6, 6.07) is 18.1. The lowest BCUT2D eigenvalue weighted by Crippen LogP contribution is -2.15. The van der Waals surface area contributed by atoms with E-state index >= 15 is 0 Å². The first-order valence-corrected chi connectivity index (χ1v) is 11.0. The van der Waals surface area contributed by atoms with Gasteiger partial charge in [0.05, 0.1) is 18.1 Å². The Bertz CT molecular complexity index is 1120. The van der Waals surface area contributed by atoms with E-state index in [2.05, 4.69) is 28.6 Å². The zero-order valence-electron chi connectivity index (χ0n) is 17.7. The number of aliphatic imine (C=N–C) groups is 1. The molecule has 31 heavy (non-hydrogen) atoms. The first kappa shape index (κ1) is 19.5. The molecule has 6 nitrogen and oxygen atoms in total. The van der Waals surface area contributed by atoms with Crippen molar-refractivity contribution in [1.82, 2.24) is 9.97 Å². The molecule has 158 valence electrons. The molecule has 1 saturated carbocycles. The smallest absolute Gasteiger partial charge is 0.225 e. The number of anilines is 2. The van der Waals surface area contributed by atoms with Gasteiger partial charge in [0.25, 0.3) is 0 Å². The minimum atomic E-state index is 0.302. The van der Waals surface area contributed by atoms with Crippen molar-refractivity contribution in [1.29, 1.82) is 0 Å². The third kappa shape index (κ3) is 4.53. The molecule has 1 aromatic heterocycles. The fraction of sp³-hybridized carbons (Fsp3) is 0.320. The van der Waals surface area contributed by atoms with E-state index in [0.717, 1.165) is 40.6 Å². The van der Waals surface area contributed by atoms with Crippen LogP contribution in [0.4, 0.5) is 11.8 Å². The molecule has 1 unspecified atom stereocenters. The van der Waals surface area contributed by atoms with Gasteiger partial charge in [-0.3, -0.25) is 4.99 Å². The summed E-state index contributed by atoms with van der Waals surface area (Å²) in [5.74, 6) is 3.83. The number of fused-ring (bicyclic) bond motifs is 1. The zero-order chi connectivity index (χ0) is 21.0. The molecule has 1 aliphatic carbocycles. The van der Waals surface area contributed by atoms with Crippen LogP contribution in [0.5, 0.6) is 5.75 Å². The maximum absolute atomic E-state index is 5.76. The molecule has 3 aromatic rings. The monoisotopic (exact) mass is 413 g/mol. The average Bonchev–Trinajstić information content (AvgIpc) is 3.57. The average molecular weight is 414 g/mol. The number of aromatic nitrogens is 2. The minimum Gasteiger partial charge on any atom is -0.492 e. The molecule has 1 aliphatic heterocycles.